The highest BCUT2D eigenvalue weighted by Crippen LogP contribution is 2.28. The van der Waals surface area contributed by atoms with Crippen molar-refractivity contribution in [1.29, 1.82) is 0 Å². The molecule has 118 valence electrons. The number of hydrogen-bond acceptors (Lipinski definition) is 3. The molecule has 1 aliphatic rings. The van der Waals surface area contributed by atoms with Gasteiger partial charge in [0.25, 0.3) is 0 Å². The van der Waals surface area contributed by atoms with E-state index in [-0.39, 0.29) is 5.75 Å². The van der Waals surface area contributed by atoms with E-state index in [0.717, 1.165) is 31.5 Å². The van der Waals surface area contributed by atoms with Crippen LogP contribution in [-0.4, -0.2) is 26.8 Å². The SMILES string of the molecule is CC(C)NCCCS(=O)(=O)Nc1cccc2c1CCCC2. The molecule has 0 radical (unpaired) electrons. The van der Waals surface area contributed by atoms with Gasteiger partial charge in [0.15, 0.2) is 0 Å². The summed E-state index contributed by atoms with van der Waals surface area (Å²) in [6.07, 6.45) is 5.00. The first kappa shape index (κ1) is 16.3. The molecule has 0 saturated carbocycles. The first-order valence-corrected chi connectivity index (χ1v) is 9.48. The van der Waals surface area contributed by atoms with Crippen LogP contribution in [0.2, 0.25) is 0 Å². The van der Waals surface area contributed by atoms with Crippen LogP contribution in [0.5, 0.6) is 0 Å². The smallest absolute Gasteiger partial charge is 0.232 e. The van der Waals surface area contributed by atoms with Crippen molar-refractivity contribution in [1.82, 2.24) is 5.32 Å². The van der Waals surface area contributed by atoms with Gasteiger partial charge >= 0.3 is 0 Å². The summed E-state index contributed by atoms with van der Waals surface area (Å²) in [5.41, 5.74) is 3.26. The van der Waals surface area contributed by atoms with Crippen molar-refractivity contribution in [3.05, 3.63) is 29.3 Å². The molecule has 2 rings (SSSR count). The normalized spacial score (nSPS) is 15.0. The minimum atomic E-state index is -3.26. The Morgan fingerprint density at radius 2 is 1.95 bits per heavy atom. The lowest BCUT2D eigenvalue weighted by atomic mass is 9.91. The number of benzene rings is 1. The van der Waals surface area contributed by atoms with Gasteiger partial charge in [-0.05, 0) is 55.8 Å². The number of aryl methyl sites for hydroxylation is 1. The quantitative estimate of drug-likeness (QED) is 0.761. The van der Waals surface area contributed by atoms with Gasteiger partial charge in [0.2, 0.25) is 10.0 Å². The fourth-order valence-corrected chi connectivity index (χ4v) is 3.90. The molecular weight excluding hydrogens is 284 g/mol. The summed E-state index contributed by atoms with van der Waals surface area (Å²) in [4.78, 5) is 0. The molecule has 0 aliphatic heterocycles. The molecule has 0 aromatic heterocycles. The average molecular weight is 310 g/mol. The molecule has 5 heteroatoms. The Morgan fingerprint density at radius 1 is 1.19 bits per heavy atom. The molecule has 21 heavy (non-hydrogen) atoms. The van der Waals surface area contributed by atoms with Gasteiger partial charge in [-0.1, -0.05) is 26.0 Å². The number of sulfonamides is 1. The number of fused-ring (bicyclic) bond motifs is 1. The lowest BCUT2D eigenvalue weighted by Gasteiger charge is -2.20. The summed E-state index contributed by atoms with van der Waals surface area (Å²) in [6.45, 7) is 4.84. The van der Waals surface area contributed by atoms with Gasteiger partial charge in [-0.2, -0.15) is 0 Å². The van der Waals surface area contributed by atoms with Gasteiger partial charge in [0.05, 0.1) is 11.4 Å². The third-order valence-corrected chi connectivity index (χ3v) is 5.16. The second-order valence-electron chi connectivity index (χ2n) is 6.03. The maximum Gasteiger partial charge on any atom is 0.232 e. The van der Waals surface area contributed by atoms with E-state index < -0.39 is 10.0 Å². The van der Waals surface area contributed by atoms with E-state index >= 15 is 0 Å². The fourth-order valence-electron chi connectivity index (χ4n) is 2.75. The molecule has 0 amide bonds. The van der Waals surface area contributed by atoms with E-state index in [2.05, 4.69) is 30.0 Å². The van der Waals surface area contributed by atoms with E-state index in [0.29, 0.717) is 12.5 Å². The predicted molar refractivity (Wildman–Crippen MR) is 88.2 cm³/mol. The summed E-state index contributed by atoms with van der Waals surface area (Å²) in [6, 6.07) is 6.33. The molecule has 4 nitrogen and oxygen atoms in total. The van der Waals surface area contributed by atoms with Gasteiger partial charge < -0.3 is 5.32 Å². The van der Waals surface area contributed by atoms with Crippen LogP contribution in [0, 0.1) is 0 Å². The van der Waals surface area contributed by atoms with E-state index in [1.54, 1.807) is 0 Å². The van der Waals surface area contributed by atoms with Gasteiger partial charge in [-0.15, -0.1) is 0 Å². The first-order chi connectivity index (χ1) is 9.98. The van der Waals surface area contributed by atoms with Crippen molar-refractivity contribution in [2.24, 2.45) is 0 Å². The molecular formula is C16H26N2O2S. The van der Waals surface area contributed by atoms with Crippen LogP contribution in [0.4, 0.5) is 5.69 Å². The number of hydrogen-bond donors (Lipinski definition) is 2. The maximum absolute atomic E-state index is 12.2. The second-order valence-corrected chi connectivity index (χ2v) is 7.88. The van der Waals surface area contributed by atoms with Crippen molar-refractivity contribution in [2.45, 2.75) is 52.0 Å². The van der Waals surface area contributed by atoms with Crippen LogP contribution < -0.4 is 10.0 Å². The molecule has 0 fully saturated rings. The van der Waals surface area contributed by atoms with Crippen molar-refractivity contribution in [3.8, 4) is 0 Å². The molecule has 0 atom stereocenters. The molecule has 0 heterocycles. The highest BCUT2D eigenvalue weighted by molar-refractivity contribution is 7.92. The van der Waals surface area contributed by atoms with Gasteiger partial charge in [0, 0.05) is 6.04 Å². The van der Waals surface area contributed by atoms with Crippen molar-refractivity contribution in [3.63, 3.8) is 0 Å². The molecule has 2 N–H and O–H groups in total. The average Bonchev–Trinajstić information content (AvgIpc) is 2.44. The minimum absolute atomic E-state index is 0.163. The van der Waals surface area contributed by atoms with Crippen LogP contribution >= 0.6 is 0 Å². The maximum atomic E-state index is 12.2. The Kier molecular flexibility index (Phi) is 5.65. The van der Waals surface area contributed by atoms with Gasteiger partial charge in [0.1, 0.15) is 0 Å². The second kappa shape index (κ2) is 7.27. The number of rotatable bonds is 7. The van der Waals surface area contributed by atoms with Crippen LogP contribution in [0.3, 0.4) is 0 Å². The monoisotopic (exact) mass is 310 g/mol. The Balaban J connectivity index is 1.97. The third-order valence-electron chi connectivity index (χ3n) is 3.80. The lowest BCUT2D eigenvalue weighted by molar-refractivity contribution is 0.571. The van der Waals surface area contributed by atoms with E-state index in [1.165, 1.54) is 17.5 Å². The molecule has 0 saturated heterocycles. The zero-order valence-corrected chi connectivity index (χ0v) is 13.8. The Hall–Kier alpha value is -1.07. The molecule has 1 aliphatic carbocycles. The highest BCUT2D eigenvalue weighted by Gasteiger charge is 2.17. The molecule has 0 spiro atoms. The standard InChI is InChI=1S/C16H26N2O2S/c1-13(2)17-11-6-12-21(19,20)18-16-10-5-8-14-7-3-4-9-15(14)16/h5,8,10,13,17-18H,3-4,6-7,9,11-12H2,1-2H3. The zero-order valence-electron chi connectivity index (χ0n) is 13.0. The summed E-state index contributed by atoms with van der Waals surface area (Å²) in [5, 5.41) is 3.24. The van der Waals surface area contributed by atoms with Crippen molar-refractivity contribution in [2.75, 3.05) is 17.0 Å². The van der Waals surface area contributed by atoms with E-state index in [9.17, 15) is 8.42 Å². The Morgan fingerprint density at radius 3 is 2.71 bits per heavy atom. The summed E-state index contributed by atoms with van der Waals surface area (Å²) in [7, 11) is -3.26. The topological polar surface area (TPSA) is 58.2 Å². The zero-order chi connectivity index (χ0) is 15.3. The largest absolute Gasteiger partial charge is 0.314 e. The highest BCUT2D eigenvalue weighted by atomic mass is 32.2. The van der Waals surface area contributed by atoms with Crippen LogP contribution in [0.25, 0.3) is 0 Å². The fraction of sp³-hybridized carbons (Fsp3) is 0.625. The van der Waals surface area contributed by atoms with Crippen LogP contribution in [0.15, 0.2) is 18.2 Å². The van der Waals surface area contributed by atoms with Crippen molar-refractivity contribution >= 4 is 15.7 Å². The van der Waals surface area contributed by atoms with E-state index in [1.807, 2.05) is 12.1 Å². The third kappa shape index (κ3) is 5.00. The van der Waals surface area contributed by atoms with Crippen LogP contribution in [0.1, 0.15) is 44.2 Å². The van der Waals surface area contributed by atoms with Gasteiger partial charge in [-0.3, -0.25) is 4.72 Å². The Bertz CT molecular complexity index is 568. The molecule has 0 bridgehead atoms. The Labute approximate surface area is 128 Å². The number of anilines is 1. The van der Waals surface area contributed by atoms with Gasteiger partial charge in [-0.25, -0.2) is 8.42 Å². The summed E-state index contributed by atoms with van der Waals surface area (Å²) in [5.74, 6) is 0.163. The molecule has 1 aromatic carbocycles. The van der Waals surface area contributed by atoms with E-state index in [4.69, 9.17) is 0 Å². The number of nitrogens with one attached hydrogen (secondary N) is 2. The molecule has 0 unspecified atom stereocenters. The predicted octanol–water partition coefficient (Wildman–Crippen LogP) is 2.70. The first-order valence-electron chi connectivity index (χ1n) is 7.82. The van der Waals surface area contributed by atoms with Crippen molar-refractivity contribution < 1.29 is 8.42 Å². The minimum Gasteiger partial charge on any atom is -0.314 e. The molecule has 1 aromatic rings. The summed E-state index contributed by atoms with van der Waals surface area (Å²) >= 11 is 0. The lowest BCUT2D eigenvalue weighted by Crippen LogP contribution is -2.27. The van der Waals surface area contributed by atoms with Crippen LogP contribution in [-0.2, 0) is 22.9 Å². The summed E-state index contributed by atoms with van der Waals surface area (Å²) < 4.78 is 27.2.